The molecule has 1 heterocycles. The molecule has 2 aromatic rings. The van der Waals surface area contributed by atoms with E-state index in [1.807, 2.05) is 24.3 Å². The molecule has 2 aromatic carbocycles. The molecule has 0 bridgehead atoms. The first-order valence-corrected chi connectivity index (χ1v) is 10.3. The molecule has 1 aliphatic heterocycles. The number of hydrogen-bond donors (Lipinski definition) is 3. The number of anilines is 2. The second kappa shape index (κ2) is 10.1. The molecule has 1 atom stereocenters. The zero-order valence-electron chi connectivity index (χ0n) is 17.0. The third-order valence-electron chi connectivity index (χ3n) is 5.24. The Morgan fingerprint density at radius 2 is 1.86 bits per heavy atom. The summed E-state index contributed by atoms with van der Waals surface area (Å²) in [6.07, 6.45) is 4.06. The van der Waals surface area contributed by atoms with E-state index in [9.17, 15) is 9.59 Å². The maximum absolute atomic E-state index is 12.9. The molecule has 154 valence electrons. The predicted molar refractivity (Wildman–Crippen MR) is 117 cm³/mol. The van der Waals surface area contributed by atoms with Crippen LogP contribution in [0.15, 0.2) is 48.5 Å². The Labute approximate surface area is 172 Å². The number of amides is 2. The minimum Gasteiger partial charge on any atom is -0.371 e. The zero-order chi connectivity index (χ0) is 20.6. The van der Waals surface area contributed by atoms with Crippen molar-refractivity contribution in [3.8, 4) is 0 Å². The Hall–Kier alpha value is -2.86. The molecular formula is C23H30N4O2. The van der Waals surface area contributed by atoms with Crippen molar-refractivity contribution >= 4 is 23.2 Å². The number of benzene rings is 2. The van der Waals surface area contributed by atoms with Gasteiger partial charge >= 0.3 is 0 Å². The molecule has 4 N–H and O–H groups in total. The molecule has 1 fully saturated rings. The summed E-state index contributed by atoms with van der Waals surface area (Å²) in [5.41, 5.74) is 8.72. The Balaban J connectivity index is 1.62. The van der Waals surface area contributed by atoms with Crippen molar-refractivity contribution in [1.29, 1.82) is 0 Å². The highest BCUT2D eigenvalue weighted by Gasteiger charge is 2.18. The number of carbonyl (C=O) groups is 2. The third-order valence-corrected chi connectivity index (χ3v) is 5.24. The molecule has 1 aliphatic rings. The molecular weight excluding hydrogens is 364 g/mol. The average molecular weight is 395 g/mol. The van der Waals surface area contributed by atoms with E-state index in [4.69, 9.17) is 5.73 Å². The lowest BCUT2D eigenvalue weighted by Crippen LogP contribution is -2.40. The van der Waals surface area contributed by atoms with Crippen molar-refractivity contribution in [3.63, 3.8) is 0 Å². The molecule has 0 aromatic heterocycles. The summed E-state index contributed by atoms with van der Waals surface area (Å²) >= 11 is 0. The number of nitrogens with zero attached hydrogens (tertiary/aromatic N) is 1. The molecule has 1 saturated heterocycles. The van der Waals surface area contributed by atoms with Gasteiger partial charge in [0.2, 0.25) is 11.8 Å². The minimum atomic E-state index is -0.451. The number of nitrogens with one attached hydrogen (secondary N) is 2. The average Bonchev–Trinajstić information content (AvgIpc) is 3.26. The zero-order valence-corrected chi connectivity index (χ0v) is 17.0. The van der Waals surface area contributed by atoms with Crippen LogP contribution in [0.3, 0.4) is 0 Å². The van der Waals surface area contributed by atoms with Gasteiger partial charge in [0.25, 0.3) is 0 Å². The number of rotatable bonds is 9. The fourth-order valence-electron chi connectivity index (χ4n) is 3.68. The van der Waals surface area contributed by atoms with Gasteiger partial charge in [-0.15, -0.1) is 0 Å². The SMILES string of the molecule is CCCC(NCc1cccc(C(N)=O)c1)C(=O)Nc1cccc(N2CCCC2)c1. The highest BCUT2D eigenvalue weighted by atomic mass is 16.2. The summed E-state index contributed by atoms with van der Waals surface area (Å²) in [4.78, 5) is 26.6. The maximum Gasteiger partial charge on any atom is 0.248 e. The van der Waals surface area contributed by atoms with Crippen LogP contribution >= 0.6 is 0 Å². The fraction of sp³-hybridized carbons (Fsp3) is 0.391. The Morgan fingerprint density at radius 3 is 2.59 bits per heavy atom. The standard InChI is InChI=1S/C23H30N4O2/c1-2-7-21(25-16-17-8-5-9-18(14-17)22(24)28)23(29)26-19-10-6-11-20(15-19)27-12-3-4-13-27/h5-6,8-11,14-15,21,25H,2-4,7,12-13,16H2,1H3,(H2,24,28)(H,26,29). The van der Waals surface area contributed by atoms with Gasteiger partial charge in [-0.05, 0) is 55.2 Å². The van der Waals surface area contributed by atoms with E-state index in [-0.39, 0.29) is 11.9 Å². The summed E-state index contributed by atoms with van der Waals surface area (Å²) in [6, 6.07) is 14.9. The lowest BCUT2D eigenvalue weighted by molar-refractivity contribution is -0.118. The first-order chi connectivity index (χ1) is 14.1. The second-order valence-corrected chi connectivity index (χ2v) is 7.52. The van der Waals surface area contributed by atoms with Gasteiger partial charge in [-0.3, -0.25) is 9.59 Å². The summed E-state index contributed by atoms with van der Waals surface area (Å²) in [5.74, 6) is -0.496. The van der Waals surface area contributed by atoms with Crippen LogP contribution in [-0.2, 0) is 11.3 Å². The third kappa shape index (κ3) is 5.81. The largest absolute Gasteiger partial charge is 0.371 e. The van der Waals surface area contributed by atoms with Crippen molar-refractivity contribution in [2.24, 2.45) is 5.73 Å². The number of primary amides is 1. The number of hydrogen-bond acceptors (Lipinski definition) is 4. The molecule has 0 saturated carbocycles. The van der Waals surface area contributed by atoms with Crippen LogP contribution in [0.5, 0.6) is 0 Å². The summed E-state index contributed by atoms with van der Waals surface area (Å²) in [7, 11) is 0. The predicted octanol–water partition coefficient (Wildman–Crippen LogP) is 3.28. The smallest absolute Gasteiger partial charge is 0.248 e. The van der Waals surface area contributed by atoms with Crippen LogP contribution < -0.4 is 21.3 Å². The van der Waals surface area contributed by atoms with E-state index in [1.54, 1.807) is 18.2 Å². The molecule has 0 aliphatic carbocycles. The van der Waals surface area contributed by atoms with Crippen LogP contribution in [0.4, 0.5) is 11.4 Å². The molecule has 1 unspecified atom stereocenters. The van der Waals surface area contributed by atoms with Crippen LogP contribution in [0, 0.1) is 0 Å². The van der Waals surface area contributed by atoms with Gasteiger partial charge in [-0.2, -0.15) is 0 Å². The van der Waals surface area contributed by atoms with Crippen LogP contribution in [0.2, 0.25) is 0 Å². The van der Waals surface area contributed by atoms with E-state index < -0.39 is 5.91 Å². The van der Waals surface area contributed by atoms with Crippen LogP contribution in [0.25, 0.3) is 0 Å². The second-order valence-electron chi connectivity index (χ2n) is 7.52. The van der Waals surface area contributed by atoms with E-state index in [0.29, 0.717) is 12.1 Å². The minimum absolute atomic E-state index is 0.0449. The molecule has 0 radical (unpaired) electrons. The van der Waals surface area contributed by atoms with Gasteiger partial charge in [0.15, 0.2) is 0 Å². The van der Waals surface area contributed by atoms with Gasteiger partial charge in [0.1, 0.15) is 0 Å². The molecule has 0 spiro atoms. The normalized spacial score (nSPS) is 14.6. The maximum atomic E-state index is 12.9. The van der Waals surface area contributed by atoms with Crippen molar-refractivity contribution in [2.45, 2.75) is 45.2 Å². The quantitative estimate of drug-likeness (QED) is 0.609. The number of carbonyl (C=O) groups excluding carboxylic acids is 2. The molecule has 3 rings (SSSR count). The van der Waals surface area contributed by atoms with E-state index >= 15 is 0 Å². The lowest BCUT2D eigenvalue weighted by atomic mass is 10.1. The first kappa shape index (κ1) is 20.9. The van der Waals surface area contributed by atoms with Gasteiger partial charge < -0.3 is 21.3 Å². The van der Waals surface area contributed by atoms with Gasteiger partial charge in [0, 0.05) is 36.6 Å². The molecule has 29 heavy (non-hydrogen) atoms. The van der Waals surface area contributed by atoms with Crippen LogP contribution in [0.1, 0.15) is 48.5 Å². The van der Waals surface area contributed by atoms with Gasteiger partial charge in [-0.1, -0.05) is 31.5 Å². The van der Waals surface area contributed by atoms with Crippen LogP contribution in [-0.4, -0.2) is 30.9 Å². The van der Waals surface area contributed by atoms with Crippen molar-refractivity contribution in [3.05, 3.63) is 59.7 Å². The Morgan fingerprint density at radius 1 is 1.10 bits per heavy atom. The van der Waals surface area contributed by atoms with Gasteiger partial charge in [-0.25, -0.2) is 0 Å². The molecule has 6 heteroatoms. The molecule has 6 nitrogen and oxygen atoms in total. The summed E-state index contributed by atoms with van der Waals surface area (Å²) in [5, 5.41) is 6.37. The Kier molecular flexibility index (Phi) is 7.25. The van der Waals surface area contributed by atoms with Gasteiger partial charge in [0.05, 0.1) is 6.04 Å². The highest BCUT2D eigenvalue weighted by Crippen LogP contribution is 2.23. The topological polar surface area (TPSA) is 87.5 Å². The number of nitrogens with two attached hydrogens (primary N) is 1. The Bertz CT molecular complexity index is 846. The fourth-order valence-corrected chi connectivity index (χ4v) is 3.68. The van der Waals surface area contributed by atoms with E-state index in [1.165, 1.54) is 12.8 Å². The monoisotopic (exact) mass is 394 g/mol. The lowest BCUT2D eigenvalue weighted by Gasteiger charge is -2.20. The van der Waals surface area contributed by atoms with Crippen molar-refractivity contribution < 1.29 is 9.59 Å². The summed E-state index contributed by atoms with van der Waals surface area (Å²) < 4.78 is 0. The highest BCUT2D eigenvalue weighted by molar-refractivity contribution is 5.95. The summed E-state index contributed by atoms with van der Waals surface area (Å²) in [6.45, 7) is 4.69. The molecule has 2 amide bonds. The van der Waals surface area contributed by atoms with E-state index in [0.717, 1.165) is 42.9 Å². The van der Waals surface area contributed by atoms with Crippen molar-refractivity contribution in [2.75, 3.05) is 23.3 Å². The first-order valence-electron chi connectivity index (χ1n) is 10.3. The van der Waals surface area contributed by atoms with E-state index in [2.05, 4.69) is 28.5 Å². The van der Waals surface area contributed by atoms with Crippen molar-refractivity contribution in [1.82, 2.24) is 5.32 Å².